The minimum atomic E-state index is -1.21. The van der Waals surface area contributed by atoms with Crippen molar-refractivity contribution in [1.29, 1.82) is 5.41 Å². The van der Waals surface area contributed by atoms with Crippen molar-refractivity contribution in [2.45, 2.75) is 37.8 Å². The van der Waals surface area contributed by atoms with Crippen molar-refractivity contribution in [3.8, 4) is 0 Å². The number of hydrogen-bond acceptors (Lipinski definition) is 6. The van der Waals surface area contributed by atoms with E-state index in [2.05, 4.69) is 15.6 Å². The van der Waals surface area contributed by atoms with E-state index in [1.165, 1.54) is 0 Å². The average Bonchev–Trinajstić information content (AvgIpc) is 2.82. The van der Waals surface area contributed by atoms with Gasteiger partial charge in [0, 0.05) is 35.4 Å². The van der Waals surface area contributed by atoms with E-state index < -0.39 is 12.1 Å². The van der Waals surface area contributed by atoms with Crippen LogP contribution in [-0.2, 0) is 5.79 Å². The van der Waals surface area contributed by atoms with E-state index in [-0.39, 0.29) is 36.7 Å². The van der Waals surface area contributed by atoms with Gasteiger partial charge in [0.15, 0.2) is 18.0 Å². The molecule has 38 heavy (non-hydrogen) atoms. The quantitative estimate of drug-likeness (QED) is 0.0785. The van der Waals surface area contributed by atoms with Gasteiger partial charge in [-0.1, -0.05) is 48.2 Å². The number of aliphatic imine (C=N–C) groups is 1. The Labute approximate surface area is 247 Å². The Kier molecular flexibility index (Phi) is 16.6. The van der Waals surface area contributed by atoms with Crippen LogP contribution in [0.1, 0.15) is 31.2 Å². The number of unbranched alkanes of at least 4 members (excludes halogenated alkanes) is 3. The van der Waals surface area contributed by atoms with Crippen LogP contribution in [0, 0.1) is 5.41 Å². The van der Waals surface area contributed by atoms with Crippen LogP contribution in [0.5, 0.6) is 0 Å². The number of anilines is 1. The minimum absolute atomic E-state index is 0. The normalized spacial score (nSPS) is 12.8. The van der Waals surface area contributed by atoms with Crippen LogP contribution in [0.25, 0.3) is 0 Å². The molecule has 0 spiro atoms. The van der Waals surface area contributed by atoms with E-state index >= 15 is 0 Å². The zero-order chi connectivity index (χ0) is 26.7. The van der Waals surface area contributed by atoms with Crippen molar-refractivity contribution in [3.63, 3.8) is 0 Å². The molecule has 0 aliphatic heterocycles. The summed E-state index contributed by atoms with van der Waals surface area (Å²) in [7, 11) is 3.61. The average molecular weight is 610 g/mol. The van der Waals surface area contributed by atoms with Gasteiger partial charge in [0.1, 0.15) is 0 Å². The first kappa shape index (κ1) is 36.0. The lowest BCUT2D eigenvalue weighted by atomic mass is 10.0. The van der Waals surface area contributed by atoms with E-state index in [4.69, 9.17) is 51.5 Å². The smallest absolute Gasteiger partial charge is 0.200 e. The molecule has 214 valence electrons. The number of nitrogens with one attached hydrogen (secondary N) is 3. The molecule has 0 bridgehead atoms. The third-order valence-electron chi connectivity index (χ3n) is 5.50. The van der Waals surface area contributed by atoms with Crippen LogP contribution in [-0.4, -0.2) is 50.3 Å². The molecule has 0 saturated carbocycles. The molecule has 2 aromatic rings. The topological polar surface area (TPSA) is 171 Å². The molecule has 2 rings (SSSR count). The summed E-state index contributed by atoms with van der Waals surface area (Å²) < 4.78 is 0. The predicted molar refractivity (Wildman–Crippen MR) is 165 cm³/mol. The Morgan fingerprint density at radius 1 is 0.921 bits per heavy atom. The Morgan fingerprint density at radius 3 is 1.92 bits per heavy atom. The summed E-state index contributed by atoms with van der Waals surface area (Å²) in [6.45, 7) is 1.34. The molecule has 2 unspecified atom stereocenters. The van der Waals surface area contributed by atoms with E-state index in [1.54, 1.807) is 48.2 Å². The molecular formula is C24H40Cl4N10. The number of nitrogens with zero attached hydrogens (tertiary/aromatic N) is 3. The van der Waals surface area contributed by atoms with E-state index in [0.717, 1.165) is 36.9 Å². The number of nitrogens with two attached hydrogens (primary N) is 4. The van der Waals surface area contributed by atoms with Gasteiger partial charge in [-0.2, -0.15) is 0 Å². The highest BCUT2D eigenvalue weighted by Crippen LogP contribution is 2.30. The van der Waals surface area contributed by atoms with Crippen molar-refractivity contribution in [3.05, 3.63) is 64.1 Å². The monoisotopic (exact) mass is 608 g/mol. The summed E-state index contributed by atoms with van der Waals surface area (Å²) >= 11 is 12.3. The summed E-state index contributed by atoms with van der Waals surface area (Å²) in [5.74, 6) is -1.04. The minimum Gasteiger partial charge on any atom is -0.370 e. The van der Waals surface area contributed by atoms with Crippen molar-refractivity contribution >= 4 is 65.6 Å². The lowest BCUT2D eigenvalue weighted by Gasteiger charge is -2.44. The highest BCUT2D eigenvalue weighted by molar-refractivity contribution is 6.30. The second kappa shape index (κ2) is 17.5. The molecule has 0 radical (unpaired) electrons. The number of hydrogen-bond donors (Lipinski definition) is 7. The first-order valence-corrected chi connectivity index (χ1v) is 12.5. The standard InChI is InChI=1S/C24H38Cl2N10.2ClH/c1-35(2)23(30)36(20-13-11-19(26)12-14-20)24(31,17-7-9-18(25)10-8-17)33-16-6-4-3-5-15-32-22(29)34-21(27)28;;/h7-14,22,30,32-33H,3-6,15-16,29,31H2,1-2H3,(H4,27,28,34);2*1H. The molecule has 11 N–H and O–H groups in total. The molecule has 10 nitrogen and oxygen atoms in total. The molecule has 2 atom stereocenters. The van der Waals surface area contributed by atoms with Crippen molar-refractivity contribution in [1.82, 2.24) is 15.5 Å². The van der Waals surface area contributed by atoms with Crippen LogP contribution in [0.3, 0.4) is 0 Å². The summed E-state index contributed by atoms with van der Waals surface area (Å²) in [4.78, 5) is 7.29. The van der Waals surface area contributed by atoms with E-state index in [0.29, 0.717) is 23.1 Å². The molecule has 0 aromatic heterocycles. The number of halogens is 4. The van der Waals surface area contributed by atoms with Gasteiger partial charge >= 0.3 is 0 Å². The maximum atomic E-state index is 8.84. The fraction of sp³-hybridized carbons (Fsp3) is 0.417. The third kappa shape index (κ3) is 11.0. The van der Waals surface area contributed by atoms with Gasteiger partial charge in [-0.3, -0.25) is 32.4 Å². The van der Waals surface area contributed by atoms with Gasteiger partial charge in [-0.15, -0.1) is 24.8 Å². The lowest BCUT2D eigenvalue weighted by Crippen LogP contribution is -2.66. The van der Waals surface area contributed by atoms with Crippen LogP contribution in [0.15, 0.2) is 53.5 Å². The summed E-state index contributed by atoms with van der Waals surface area (Å²) in [5.41, 5.74) is 25.0. The maximum absolute atomic E-state index is 8.84. The van der Waals surface area contributed by atoms with Crippen LogP contribution >= 0.6 is 48.0 Å². The predicted octanol–water partition coefficient (Wildman–Crippen LogP) is 3.16. The number of guanidine groups is 2. The number of rotatable bonds is 13. The maximum Gasteiger partial charge on any atom is 0.200 e. The second-order valence-electron chi connectivity index (χ2n) is 8.60. The van der Waals surface area contributed by atoms with Gasteiger partial charge in [0.2, 0.25) is 5.96 Å². The van der Waals surface area contributed by atoms with E-state index in [9.17, 15) is 0 Å². The molecule has 0 aliphatic rings. The lowest BCUT2D eigenvalue weighted by molar-refractivity contribution is 0.341. The van der Waals surface area contributed by atoms with Crippen molar-refractivity contribution < 1.29 is 0 Å². The van der Waals surface area contributed by atoms with Gasteiger partial charge < -0.3 is 16.4 Å². The van der Waals surface area contributed by atoms with Crippen LogP contribution in [0.2, 0.25) is 10.0 Å². The zero-order valence-corrected chi connectivity index (χ0v) is 24.8. The van der Waals surface area contributed by atoms with Crippen molar-refractivity contribution in [2.24, 2.45) is 27.9 Å². The Bertz CT molecular complexity index is 985. The molecule has 0 aliphatic carbocycles. The van der Waals surface area contributed by atoms with E-state index in [1.807, 2.05) is 24.3 Å². The molecule has 0 amide bonds. The summed E-state index contributed by atoms with van der Waals surface area (Å²) in [6.07, 6.45) is 3.20. The summed E-state index contributed by atoms with van der Waals surface area (Å²) in [5, 5.41) is 16.6. The Hall–Kier alpha value is -2.02. The Morgan fingerprint density at radius 2 is 1.42 bits per heavy atom. The van der Waals surface area contributed by atoms with Crippen LogP contribution < -0.4 is 38.5 Å². The second-order valence-corrected chi connectivity index (χ2v) is 9.47. The Balaban J connectivity index is 0.00000684. The molecule has 0 fully saturated rings. The highest BCUT2D eigenvalue weighted by atomic mass is 35.5. The van der Waals surface area contributed by atoms with Gasteiger partial charge in [0.25, 0.3) is 0 Å². The zero-order valence-electron chi connectivity index (χ0n) is 21.7. The van der Waals surface area contributed by atoms with Crippen LogP contribution in [0.4, 0.5) is 5.69 Å². The molecule has 0 saturated heterocycles. The van der Waals surface area contributed by atoms with Gasteiger partial charge in [-0.25, -0.2) is 4.99 Å². The van der Waals surface area contributed by atoms with Gasteiger partial charge in [-0.05, 0) is 62.3 Å². The summed E-state index contributed by atoms with van der Waals surface area (Å²) in [6, 6.07) is 14.6. The first-order chi connectivity index (χ1) is 17.0. The highest BCUT2D eigenvalue weighted by Gasteiger charge is 2.38. The third-order valence-corrected chi connectivity index (χ3v) is 6.00. The SMILES string of the molecule is CN(C)C(=N)N(c1ccc(Cl)cc1)C(N)(NCCCCCCNC(N)N=C(N)N)c1ccc(Cl)cc1.Cl.Cl. The molecule has 14 heteroatoms. The largest absolute Gasteiger partial charge is 0.370 e. The van der Waals surface area contributed by atoms with Gasteiger partial charge in [0.05, 0.1) is 0 Å². The number of benzene rings is 2. The first-order valence-electron chi connectivity index (χ1n) is 11.7. The fourth-order valence-corrected chi connectivity index (χ4v) is 3.89. The van der Waals surface area contributed by atoms with Crippen molar-refractivity contribution in [2.75, 3.05) is 32.1 Å². The molecular weight excluding hydrogens is 570 g/mol. The molecule has 0 heterocycles. The molecule has 2 aromatic carbocycles. The fourth-order valence-electron chi connectivity index (χ4n) is 3.64.